The molecule has 1 heterocycles. The molecule has 0 aliphatic rings. The number of rotatable bonds is 7. The van der Waals surface area contributed by atoms with Crippen molar-refractivity contribution in [3.8, 4) is 5.75 Å². The Kier molecular flexibility index (Phi) is 7.44. The average Bonchev–Trinajstić information content (AvgIpc) is 2.86. The Morgan fingerprint density at radius 3 is 2.53 bits per heavy atom. The molecule has 4 N–H and O–H groups in total. The summed E-state index contributed by atoms with van der Waals surface area (Å²) in [6.45, 7) is 0. The lowest BCUT2D eigenvalue weighted by Gasteiger charge is -2.11. The van der Waals surface area contributed by atoms with Crippen molar-refractivity contribution < 1.29 is 24.9 Å². The van der Waals surface area contributed by atoms with Crippen LogP contribution in [0.1, 0.15) is 33.2 Å². The number of para-hydroxylation sites is 1. The SMILES string of the molecule is O=C(O)C(=Cc1cnc2ccccc2c1)NC(=O)c1ccc(C(O)C=Cc2cccc(O)c2)cc1Cl. The Morgan fingerprint density at radius 2 is 1.78 bits per heavy atom. The van der Waals surface area contributed by atoms with Gasteiger partial charge in [0.1, 0.15) is 11.4 Å². The molecule has 0 fully saturated rings. The Morgan fingerprint density at radius 1 is 0.972 bits per heavy atom. The highest BCUT2D eigenvalue weighted by Gasteiger charge is 2.17. The van der Waals surface area contributed by atoms with E-state index in [2.05, 4.69) is 10.3 Å². The number of phenols is 1. The van der Waals surface area contributed by atoms with E-state index in [1.165, 1.54) is 36.5 Å². The topological polar surface area (TPSA) is 120 Å². The summed E-state index contributed by atoms with van der Waals surface area (Å²) in [6.07, 6.45) is 4.98. The zero-order chi connectivity index (χ0) is 25.7. The van der Waals surface area contributed by atoms with E-state index in [1.54, 1.807) is 36.4 Å². The van der Waals surface area contributed by atoms with E-state index in [-0.39, 0.29) is 22.0 Å². The fourth-order valence-corrected chi connectivity index (χ4v) is 3.79. The molecule has 3 aromatic carbocycles. The van der Waals surface area contributed by atoms with Crippen LogP contribution in [0.3, 0.4) is 0 Å². The summed E-state index contributed by atoms with van der Waals surface area (Å²) in [5.74, 6) is -1.92. The summed E-state index contributed by atoms with van der Waals surface area (Å²) >= 11 is 6.29. The van der Waals surface area contributed by atoms with Crippen LogP contribution in [0.15, 0.2) is 90.8 Å². The minimum Gasteiger partial charge on any atom is -0.508 e. The quantitative estimate of drug-likeness (QED) is 0.259. The molecule has 1 unspecified atom stereocenters. The van der Waals surface area contributed by atoms with Crippen molar-refractivity contribution in [3.63, 3.8) is 0 Å². The van der Waals surface area contributed by atoms with Crippen molar-refractivity contribution in [1.29, 1.82) is 0 Å². The predicted octanol–water partition coefficient (Wildman–Crippen LogP) is 5.20. The number of aliphatic hydroxyl groups is 1. The van der Waals surface area contributed by atoms with Crippen molar-refractivity contribution in [3.05, 3.63) is 118 Å². The Hall–Kier alpha value is -4.46. The molecule has 0 aliphatic heterocycles. The maximum Gasteiger partial charge on any atom is 0.352 e. The van der Waals surface area contributed by atoms with Crippen LogP contribution in [0.2, 0.25) is 5.02 Å². The van der Waals surface area contributed by atoms with Crippen LogP contribution in [0.5, 0.6) is 5.75 Å². The van der Waals surface area contributed by atoms with E-state index in [0.29, 0.717) is 16.7 Å². The van der Waals surface area contributed by atoms with Gasteiger partial charge in [-0.05, 0) is 59.2 Å². The van der Waals surface area contributed by atoms with Crippen molar-refractivity contribution in [2.45, 2.75) is 6.10 Å². The van der Waals surface area contributed by atoms with Gasteiger partial charge >= 0.3 is 5.97 Å². The number of nitrogens with one attached hydrogen (secondary N) is 1. The van der Waals surface area contributed by atoms with E-state index >= 15 is 0 Å². The maximum absolute atomic E-state index is 12.8. The smallest absolute Gasteiger partial charge is 0.352 e. The van der Waals surface area contributed by atoms with Crippen LogP contribution >= 0.6 is 11.6 Å². The summed E-state index contributed by atoms with van der Waals surface area (Å²) < 4.78 is 0. The molecule has 7 nitrogen and oxygen atoms in total. The fraction of sp³-hybridized carbons (Fsp3) is 0.0357. The molecule has 36 heavy (non-hydrogen) atoms. The zero-order valence-electron chi connectivity index (χ0n) is 18.8. The number of carboxylic acids is 1. The van der Waals surface area contributed by atoms with Crippen LogP contribution in [0.25, 0.3) is 23.1 Å². The molecule has 1 atom stereocenters. The standard InChI is InChI=1S/C28H21ClN2O5/c29-23-15-20(26(33)11-8-17-4-3-6-21(32)13-17)9-10-22(23)27(34)31-25(28(35)36)14-18-12-19-5-1-2-7-24(19)30-16-18/h1-16,26,32-33H,(H,31,34)(H,35,36). The van der Waals surface area contributed by atoms with Gasteiger partial charge in [-0.1, -0.05) is 60.2 Å². The van der Waals surface area contributed by atoms with Gasteiger partial charge in [0.2, 0.25) is 0 Å². The van der Waals surface area contributed by atoms with Crippen LogP contribution in [-0.2, 0) is 4.79 Å². The number of fused-ring (bicyclic) bond motifs is 1. The highest BCUT2D eigenvalue weighted by atomic mass is 35.5. The number of aliphatic hydroxyl groups excluding tert-OH is 1. The van der Waals surface area contributed by atoms with Gasteiger partial charge in [0.05, 0.1) is 22.2 Å². The number of amides is 1. The van der Waals surface area contributed by atoms with Gasteiger partial charge in [0, 0.05) is 11.6 Å². The molecule has 0 saturated carbocycles. The third-order valence-electron chi connectivity index (χ3n) is 5.32. The summed E-state index contributed by atoms with van der Waals surface area (Å²) in [5.41, 5.74) is 2.12. The number of carbonyl (C=O) groups excluding carboxylic acids is 1. The van der Waals surface area contributed by atoms with E-state index in [9.17, 15) is 24.9 Å². The van der Waals surface area contributed by atoms with Crippen molar-refractivity contribution in [1.82, 2.24) is 10.3 Å². The number of phenolic OH excluding ortho intramolecular Hbond substituents is 1. The van der Waals surface area contributed by atoms with Crippen LogP contribution in [-0.4, -0.2) is 32.2 Å². The van der Waals surface area contributed by atoms with Gasteiger partial charge in [0.15, 0.2) is 0 Å². The largest absolute Gasteiger partial charge is 0.508 e. The molecule has 0 radical (unpaired) electrons. The Balaban J connectivity index is 1.51. The Bertz CT molecular complexity index is 1510. The molecular formula is C28H21ClN2O5. The normalized spacial score (nSPS) is 12.6. The van der Waals surface area contributed by atoms with Gasteiger partial charge in [0.25, 0.3) is 5.91 Å². The first-order valence-electron chi connectivity index (χ1n) is 10.9. The van der Waals surface area contributed by atoms with Gasteiger partial charge in [-0.15, -0.1) is 0 Å². The summed E-state index contributed by atoms with van der Waals surface area (Å²) in [5, 5.41) is 32.9. The highest BCUT2D eigenvalue weighted by Crippen LogP contribution is 2.24. The number of benzene rings is 3. The monoisotopic (exact) mass is 500 g/mol. The van der Waals surface area contributed by atoms with Crippen LogP contribution in [0.4, 0.5) is 0 Å². The lowest BCUT2D eigenvalue weighted by atomic mass is 10.0. The van der Waals surface area contributed by atoms with Gasteiger partial charge in [-0.2, -0.15) is 0 Å². The number of aromatic nitrogens is 1. The molecule has 0 saturated heterocycles. The van der Waals surface area contributed by atoms with Crippen LogP contribution in [0, 0.1) is 0 Å². The number of pyridine rings is 1. The molecule has 0 spiro atoms. The van der Waals surface area contributed by atoms with Crippen molar-refractivity contribution in [2.24, 2.45) is 0 Å². The first kappa shape index (κ1) is 24.7. The predicted molar refractivity (Wildman–Crippen MR) is 138 cm³/mol. The average molecular weight is 501 g/mol. The van der Waals surface area contributed by atoms with Crippen molar-refractivity contribution in [2.75, 3.05) is 0 Å². The van der Waals surface area contributed by atoms with Gasteiger partial charge in [-0.3, -0.25) is 9.78 Å². The Labute approximate surface area is 211 Å². The molecule has 180 valence electrons. The summed E-state index contributed by atoms with van der Waals surface area (Å²) in [4.78, 5) is 28.9. The maximum atomic E-state index is 12.8. The second kappa shape index (κ2) is 10.9. The lowest BCUT2D eigenvalue weighted by Crippen LogP contribution is -2.27. The van der Waals surface area contributed by atoms with E-state index in [4.69, 9.17) is 11.6 Å². The molecule has 4 rings (SSSR count). The molecule has 0 bridgehead atoms. The number of hydrogen-bond acceptors (Lipinski definition) is 5. The number of aromatic hydroxyl groups is 1. The number of hydrogen-bond donors (Lipinski definition) is 4. The second-order valence-electron chi connectivity index (χ2n) is 7.92. The lowest BCUT2D eigenvalue weighted by molar-refractivity contribution is -0.132. The molecular weight excluding hydrogens is 480 g/mol. The number of carboxylic acid groups (broad SMARTS) is 1. The summed E-state index contributed by atoms with van der Waals surface area (Å²) in [6, 6.07) is 20.1. The molecule has 4 aromatic rings. The molecule has 0 aliphatic carbocycles. The number of carbonyl (C=O) groups is 2. The molecule has 8 heteroatoms. The third-order valence-corrected chi connectivity index (χ3v) is 5.63. The zero-order valence-corrected chi connectivity index (χ0v) is 19.6. The van der Waals surface area contributed by atoms with Crippen molar-refractivity contribution >= 4 is 46.5 Å². The summed E-state index contributed by atoms with van der Waals surface area (Å²) in [7, 11) is 0. The van der Waals surface area contributed by atoms with Gasteiger partial charge < -0.3 is 20.6 Å². The fourth-order valence-electron chi connectivity index (χ4n) is 3.52. The van der Waals surface area contributed by atoms with E-state index < -0.39 is 18.0 Å². The highest BCUT2D eigenvalue weighted by molar-refractivity contribution is 6.34. The first-order chi connectivity index (χ1) is 17.3. The van der Waals surface area contributed by atoms with Crippen LogP contribution < -0.4 is 5.32 Å². The minimum absolute atomic E-state index is 0.0481. The molecule has 1 aromatic heterocycles. The number of aliphatic carboxylic acids is 1. The first-order valence-corrected chi connectivity index (χ1v) is 11.2. The third kappa shape index (κ3) is 5.96. The molecule has 1 amide bonds. The number of nitrogens with zero attached hydrogens (tertiary/aromatic N) is 1. The van der Waals surface area contributed by atoms with Gasteiger partial charge in [-0.25, -0.2) is 4.79 Å². The second-order valence-corrected chi connectivity index (χ2v) is 8.32. The van der Waals surface area contributed by atoms with E-state index in [1.807, 2.05) is 24.3 Å². The van der Waals surface area contributed by atoms with E-state index in [0.717, 1.165) is 10.9 Å². The number of halogens is 1. The minimum atomic E-state index is -1.32.